The number of hydrogen-bond donors (Lipinski definition) is 3. The van der Waals surface area contributed by atoms with E-state index in [9.17, 15) is 9.59 Å². The summed E-state index contributed by atoms with van der Waals surface area (Å²) in [5.74, 6) is -0.400. The van der Waals surface area contributed by atoms with E-state index in [0.717, 1.165) is 12.8 Å². The molecule has 1 aromatic heterocycles. The minimum Gasteiger partial charge on any atom is -0.349 e. The topological polar surface area (TPSA) is 99.8 Å². The predicted octanol–water partition coefficient (Wildman–Crippen LogP) is 0.949. The number of aromatic nitrogens is 3. The van der Waals surface area contributed by atoms with Gasteiger partial charge in [0.25, 0.3) is 11.8 Å². The summed E-state index contributed by atoms with van der Waals surface area (Å²) in [6.45, 7) is 0. The molecule has 0 unspecified atom stereocenters. The maximum Gasteiger partial charge on any atom is 0.292 e. The fourth-order valence-electron chi connectivity index (χ4n) is 1.74. The molecule has 1 saturated carbocycles. The average Bonchev–Trinajstić information content (AvgIpc) is 3.08. The molecule has 0 spiro atoms. The van der Waals surface area contributed by atoms with Crippen LogP contribution in [0.2, 0.25) is 0 Å². The first kappa shape index (κ1) is 12.3. The molecule has 7 heteroatoms. The van der Waals surface area contributed by atoms with Gasteiger partial charge in [0, 0.05) is 17.3 Å². The van der Waals surface area contributed by atoms with Gasteiger partial charge in [0.1, 0.15) is 6.33 Å². The second-order valence-electron chi connectivity index (χ2n) is 4.62. The molecule has 0 aliphatic heterocycles. The number of nitrogens with zero attached hydrogens (tertiary/aromatic N) is 2. The molecule has 0 bridgehead atoms. The molecule has 1 heterocycles. The second-order valence-corrected chi connectivity index (χ2v) is 4.62. The van der Waals surface area contributed by atoms with Crippen molar-refractivity contribution >= 4 is 17.5 Å². The van der Waals surface area contributed by atoms with E-state index < -0.39 is 5.91 Å². The Hall–Kier alpha value is -2.70. The van der Waals surface area contributed by atoms with Crippen molar-refractivity contribution in [2.45, 2.75) is 18.9 Å². The van der Waals surface area contributed by atoms with Crippen LogP contribution < -0.4 is 10.6 Å². The lowest BCUT2D eigenvalue weighted by Gasteiger charge is -2.06. The van der Waals surface area contributed by atoms with Gasteiger partial charge in [-0.3, -0.25) is 14.7 Å². The Bertz CT molecular complexity index is 634. The first-order valence-electron chi connectivity index (χ1n) is 6.30. The Morgan fingerprint density at radius 2 is 2.10 bits per heavy atom. The van der Waals surface area contributed by atoms with Crippen LogP contribution in [-0.2, 0) is 0 Å². The number of aromatic amines is 1. The zero-order valence-corrected chi connectivity index (χ0v) is 10.6. The maximum absolute atomic E-state index is 11.9. The molecule has 0 saturated heterocycles. The number of H-pyrrole nitrogens is 1. The highest BCUT2D eigenvalue weighted by molar-refractivity contribution is 6.02. The Morgan fingerprint density at radius 1 is 1.25 bits per heavy atom. The Balaban J connectivity index is 1.70. The fraction of sp³-hybridized carbons (Fsp3) is 0.231. The zero-order chi connectivity index (χ0) is 13.9. The predicted molar refractivity (Wildman–Crippen MR) is 71.3 cm³/mol. The molecule has 1 aromatic carbocycles. The molecule has 1 aliphatic rings. The molecule has 0 atom stereocenters. The van der Waals surface area contributed by atoms with E-state index in [4.69, 9.17) is 0 Å². The van der Waals surface area contributed by atoms with Gasteiger partial charge in [0.05, 0.1) is 0 Å². The van der Waals surface area contributed by atoms with E-state index in [1.807, 2.05) is 0 Å². The monoisotopic (exact) mass is 271 g/mol. The fourth-order valence-corrected chi connectivity index (χ4v) is 1.74. The van der Waals surface area contributed by atoms with Gasteiger partial charge in [-0.1, -0.05) is 6.07 Å². The summed E-state index contributed by atoms with van der Waals surface area (Å²) in [6.07, 6.45) is 3.33. The van der Waals surface area contributed by atoms with Crippen molar-refractivity contribution in [1.29, 1.82) is 0 Å². The molecular formula is C13H13N5O2. The third-order valence-electron chi connectivity index (χ3n) is 2.93. The third-order valence-corrected chi connectivity index (χ3v) is 2.93. The molecule has 1 aliphatic carbocycles. The zero-order valence-electron chi connectivity index (χ0n) is 10.6. The number of hydrogen-bond acceptors (Lipinski definition) is 4. The van der Waals surface area contributed by atoms with Crippen molar-refractivity contribution in [3.63, 3.8) is 0 Å². The van der Waals surface area contributed by atoms with Crippen molar-refractivity contribution in [2.24, 2.45) is 0 Å². The molecule has 3 rings (SSSR count). The first-order valence-corrected chi connectivity index (χ1v) is 6.30. The minimum atomic E-state index is -0.401. The van der Waals surface area contributed by atoms with E-state index in [2.05, 4.69) is 25.8 Å². The number of anilines is 1. The Morgan fingerprint density at radius 3 is 2.80 bits per heavy atom. The first-order chi connectivity index (χ1) is 9.72. The quantitative estimate of drug-likeness (QED) is 0.770. The van der Waals surface area contributed by atoms with E-state index >= 15 is 0 Å². The number of nitrogens with one attached hydrogen (secondary N) is 3. The third kappa shape index (κ3) is 2.82. The lowest BCUT2D eigenvalue weighted by molar-refractivity contribution is 0.0949. The maximum atomic E-state index is 11.9. The molecule has 7 nitrogen and oxygen atoms in total. The second kappa shape index (κ2) is 5.12. The Labute approximate surface area is 114 Å². The molecule has 2 amide bonds. The summed E-state index contributed by atoms with van der Waals surface area (Å²) >= 11 is 0. The SMILES string of the molecule is O=C(NC1CC1)c1cccc(NC(=O)c2ncn[nH]2)c1. The van der Waals surface area contributed by atoms with Gasteiger partial charge in [-0.05, 0) is 31.0 Å². The van der Waals surface area contributed by atoms with Crippen molar-refractivity contribution in [3.8, 4) is 0 Å². The number of amides is 2. The van der Waals surface area contributed by atoms with Crippen molar-refractivity contribution in [3.05, 3.63) is 42.0 Å². The number of carbonyl (C=O) groups is 2. The van der Waals surface area contributed by atoms with Crippen LogP contribution in [0.3, 0.4) is 0 Å². The molecule has 102 valence electrons. The molecule has 2 aromatic rings. The summed E-state index contributed by atoms with van der Waals surface area (Å²) < 4.78 is 0. The summed E-state index contributed by atoms with van der Waals surface area (Å²) in [4.78, 5) is 27.5. The van der Waals surface area contributed by atoms with E-state index in [-0.39, 0.29) is 11.7 Å². The van der Waals surface area contributed by atoms with Crippen LogP contribution in [0.25, 0.3) is 0 Å². The van der Waals surface area contributed by atoms with Crippen molar-refractivity contribution < 1.29 is 9.59 Å². The van der Waals surface area contributed by atoms with Gasteiger partial charge in [-0.25, -0.2) is 4.98 Å². The summed E-state index contributed by atoms with van der Waals surface area (Å²) in [6, 6.07) is 7.07. The molecule has 0 radical (unpaired) electrons. The van der Waals surface area contributed by atoms with Crippen LogP contribution in [0.1, 0.15) is 33.8 Å². The normalized spacial score (nSPS) is 13.8. The van der Waals surface area contributed by atoms with Gasteiger partial charge in [0.15, 0.2) is 0 Å². The summed E-state index contributed by atoms with van der Waals surface area (Å²) in [7, 11) is 0. The molecule has 1 fully saturated rings. The Kier molecular flexibility index (Phi) is 3.16. The van der Waals surface area contributed by atoms with Crippen LogP contribution in [0, 0.1) is 0 Å². The van der Waals surface area contributed by atoms with Crippen LogP contribution in [0.5, 0.6) is 0 Å². The lowest BCUT2D eigenvalue weighted by Crippen LogP contribution is -2.25. The molecule has 3 N–H and O–H groups in total. The smallest absolute Gasteiger partial charge is 0.292 e. The van der Waals surface area contributed by atoms with Crippen molar-refractivity contribution in [1.82, 2.24) is 20.5 Å². The van der Waals surface area contributed by atoms with Crippen LogP contribution >= 0.6 is 0 Å². The van der Waals surface area contributed by atoms with Gasteiger partial charge >= 0.3 is 0 Å². The van der Waals surface area contributed by atoms with E-state index in [1.165, 1.54) is 6.33 Å². The van der Waals surface area contributed by atoms with Crippen molar-refractivity contribution in [2.75, 3.05) is 5.32 Å². The highest BCUT2D eigenvalue weighted by Crippen LogP contribution is 2.20. The van der Waals surface area contributed by atoms with Crippen LogP contribution in [0.4, 0.5) is 5.69 Å². The molecule has 20 heavy (non-hydrogen) atoms. The van der Waals surface area contributed by atoms with Gasteiger partial charge in [0.2, 0.25) is 5.82 Å². The minimum absolute atomic E-state index is 0.122. The molecular weight excluding hydrogens is 258 g/mol. The average molecular weight is 271 g/mol. The van der Waals surface area contributed by atoms with Crippen LogP contribution in [-0.4, -0.2) is 33.0 Å². The van der Waals surface area contributed by atoms with Gasteiger partial charge in [-0.15, -0.1) is 0 Å². The van der Waals surface area contributed by atoms with E-state index in [1.54, 1.807) is 24.3 Å². The number of benzene rings is 1. The van der Waals surface area contributed by atoms with Gasteiger partial charge < -0.3 is 10.6 Å². The lowest BCUT2D eigenvalue weighted by atomic mass is 10.2. The van der Waals surface area contributed by atoms with E-state index in [0.29, 0.717) is 17.3 Å². The summed E-state index contributed by atoms with van der Waals surface area (Å²) in [5.41, 5.74) is 1.06. The largest absolute Gasteiger partial charge is 0.349 e. The number of rotatable bonds is 4. The standard InChI is InChI=1S/C13H13N5O2/c19-12(16-9-4-5-9)8-2-1-3-10(6-8)17-13(20)11-14-7-15-18-11/h1-3,6-7,9H,4-5H2,(H,16,19)(H,17,20)(H,14,15,18). The highest BCUT2D eigenvalue weighted by Gasteiger charge is 2.23. The van der Waals surface area contributed by atoms with Gasteiger partial charge in [-0.2, -0.15) is 5.10 Å². The van der Waals surface area contributed by atoms with Crippen LogP contribution in [0.15, 0.2) is 30.6 Å². The highest BCUT2D eigenvalue weighted by atomic mass is 16.2. The summed E-state index contributed by atoms with van der Waals surface area (Å²) in [5, 5.41) is 11.6. The number of carbonyl (C=O) groups excluding carboxylic acids is 2.